The first-order valence-electron chi connectivity index (χ1n) is 2.32. The van der Waals surface area contributed by atoms with Crippen molar-refractivity contribution in [3.63, 3.8) is 0 Å². The van der Waals surface area contributed by atoms with E-state index < -0.39 is 0 Å². The van der Waals surface area contributed by atoms with Crippen molar-refractivity contribution in [1.82, 2.24) is 0 Å². The molecule has 0 amide bonds. The molecule has 2 rings (SSSR count). The van der Waals surface area contributed by atoms with Crippen molar-refractivity contribution in [3.8, 4) is 0 Å². The molecule has 0 aliphatic rings. The third-order valence-electron chi connectivity index (χ3n) is 0.980. The van der Waals surface area contributed by atoms with Crippen LogP contribution in [0.25, 0.3) is 8.52 Å². The zero-order valence-electron chi connectivity index (χ0n) is 4.29. The Labute approximate surface area is 73.6 Å². The minimum atomic E-state index is 0.560. The molecule has 2 aromatic heterocycles. The molecule has 0 atom stereocenters. The average molecular weight is 284 g/mol. The first-order chi connectivity index (χ1) is 4.36. The molecular formula is C5H2S2Se2. The molecule has 2 aromatic rings. The van der Waals surface area contributed by atoms with Crippen molar-refractivity contribution < 1.29 is 0 Å². The number of hydrogen-bond acceptors (Lipinski definition) is 2. The van der Waals surface area contributed by atoms with Gasteiger partial charge in [0.1, 0.15) is 0 Å². The molecule has 0 saturated heterocycles. The van der Waals surface area contributed by atoms with E-state index in [1.54, 1.807) is 8.52 Å². The molecule has 0 saturated carbocycles. The number of rotatable bonds is 0. The Morgan fingerprint density at radius 3 is 2.33 bits per heavy atom. The standard InChI is InChI=1S/C5H2S2Se2/c6-5-8-3-1-7-2-4(3)9-5/h1-2H. The predicted octanol–water partition coefficient (Wildman–Crippen LogP) is 1.74. The van der Waals surface area contributed by atoms with Crippen LogP contribution in [0, 0.1) is 2.26 Å². The van der Waals surface area contributed by atoms with Gasteiger partial charge in [0.05, 0.1) is 0 Å². The molecular weight excluding hydrogens is 282 g/mol. The number of hydrogen-bond donors (Lipinski definition) is 0. The van der Waals surface area contributed by atoms with Gasteiger partial charge in [-0.15, -0.1) is 0 Å². The second-order valence-corrected chi connectivity index (χ2v) is 9.60. The van der Waals surface area contributed by atoms with E-state index in [2.05, 4.69) is 10.8 Å². The maximum atomic E-state index is 5.14. The van der Waals surface area contributed by atoms with Crippen LogP contribution < -0.4 is 0 Å². The average Bonchev–Trinajstić information content (AvgIpc) is 2.22. The van der Waals surface area contributed by atoms with Crippen molar-refractivity contribution in [2.24, 2.45) is 0 Å². The molecule has 4 heteroatoms. The Morgan fingerprint density at radius 1 is 1.22 bits per heavy atom. The minimum absolute atomic E-state index is 0.560. The normalized spacial score (nSPS) is 10.7. The molecule has 0 aliphatic carbocycles. The van der Waals surface area contributed by atoms with E-state index in [1.165, 1.54) is 2.26 Å². The van der Waals surface area contributed by atoms with Crippen LogP contribution in [0.2, 0.25) is 0 Å². The van der Waals surface area contributed by atoms with Gasteiger partial charge >= 0.3 is 74.1 Å². The fraction of sp³-hybridized carbons (Fsp3) is 0. The van der Waals surface area contributed by atoms with Crippen LogP contribution in [0.1, 0.15) is 0 Å². The monoisotopic (exact) mass is 286 g/mol. The Morgan fingerprint density at radius 2 is 1.78 bits per heavy atom. The van der Waals surface area contributed by atoms with Crippen LogP contribution in [-0.2, 0) is 0 Å². The van der Waals surface area contributed by atoms with Crippen molar-refractivity contribution in [1.29, 1.82) is 0 Å². The number of thiophene rings is 1. The topological polar surface area (TPSA) is 0 Å². The molecule has 2 heterocycles. The summed E-state index contributed by atoms with van der Waals surface area (Å²) in [5.41, 5.74) is 0. The molecule has 0 N–H and O–H groups in total. The summed E-state index contributed by atoms with van der Waals surface area (Å²) in [6, 6.07) is 0. The summed E-state index contributed by atoms with van der Waals surface area (Å²) < 4.78 is 4.43. The van der Waals surface area contributed by atoms with Gasteiger partial charge in [0, 0.05) is 0 Å². The van der Waals surface area contributed by atoms with Crippen molar-refractivity contribution in [3.05, 3.63) is 13.0 Å². The molecule has 0 bridgehead atoms. The van der Waals surface area contributed by atoms with Crippen LogP contribution in [0.4, 0.5) is 0 Å². The quantitative estimate of drug-likeness (QED) is 0.524. The van der Waals surface area contributed by atoms with Gasteiger partial charge in [-0.05, 0) is 0 Å². The van der Waals surface area contributed by atoms with Crippen LogP contribution in [0.15, 0.2) is 10.8 Å². The summed E-state index contributed by atoms with van der Waals surface area (Å²) in [5, 5.41) is 4.49. The van der Waals surface area contributed by atoms with E-state index in [1.807, 2.05) is 11.3 Å². The predicted molar refractivity (Wildman–Crippen MR) is 46.5 cm³/mol. The van der Waals surface area contributed by atoms with E-state index >= 15 is 0 Å². The zero-order valence-corrected chi connectivity index (χ0v) is 9.35. The van der Waals surface area contributed by atoms with E-state index in [0.717, 1.165) is 0 Å². The molecule has 0 aromatic carbocycles. The summed E-state index contributed by atoms with van der Waals surface area (Å²) in [7, 11) is 0. The summed E-state index contributed by atoms with van der Waals surface area (Å²) >= 11 is 8.07. The second kappa shape index (κ2) is 2.46. The van der Waals surface area contributed by atoms with Gasteiger partial charge in [0.25, 0.3) is 0 Å². The fourth-order valence-electron chi connectivity index (χ4n) is 0.623. The van der Waals surface area contributed by atoms with Gasteiger partial charge in [-0.3, -0.25) is 0 Å². The zero-order chi connectivity index (χ0) is 6.27. The summed E-state index contributed by atoms with van der Waals surface area (Å²) in [5.74, 6) is 0. The Hall–Kier alpha value is 0.829. The third kappa shape index (κ3) is 1.16. The van der Waals surface area contributed by atoms with Gasteiger partial charge in [-0.1, -0.05) is 0 Å². The molecule has 0 nitrogen and oxygen atoms in total. The van der Waals surface area contributed by atoms with Crippen LogP contribution in [0.3, 0.4) is 0 Å². The van der Waals surface area contributed by atoms with Crippen molar-refractivity contribution in [2.75, 3.05) is 0 Å². The molecule has 9 heavy (non-hydrogen) atoms. The summed E-state index contributed by atoms with van der Waals surface area (Å²) in [6.07, 6.45) is 0. The van der Waals surface area contributed by atoms with E-state index in [9.17, 15) is 0 Å². The third-order valence-corrected chi connectivity index (χ3v) is 8.77. The van der Waals surface area contributed by atoms with Crippen LogP contribution >= 0.6 is 23.6 Å². The Bertz CT molecular complexity index is 336. The van der Waals surface area contributed by atoms with Crippen molar-refractivity contribution >= 4 is 61.1 Å². The molecule has 0 spiro atoms. The van der Waals surface area contributed by atoms with Gasteiger partial charge in [0.2, 0.25) is 0 Å². The SMILES string of the molecule is S=c1[se]c2cscc2[se]1. The first kappa shape index (κ1) is 6.53. The van der Waals surface area contributed by atoms with Gasteiger partial charge in [0.15, 0.2) is 0 Å². The fourth-order valence-corrected chi connectivity index (χ4v) is 8.69. The molecule has 0 fully saturated rings. The second-order valence-electron chi connectivity index (χ2n) is 1.55. The maximum absolute atomic E-state index is 5.14. The van der Waals surface area contributed by atoms with Crippen LogP contribution in [0.5, 0.6) is 0 Å². The van der Waals surface area contributed by atoms with Crippen molar-refractivity contribution in [2.45, 2.75) is 0 Å². The first-order valence-corrected chi connectivity index (χ1v) is 7.10. The number of fused-ring (bicyclic) bond motifs is 1. The molecule has 46 valence electrons. The van der Waals surface area contributed by atoms with Gasteiger partial charge in [-0.25, -0.2) is 0 Å². The summed E-state index contributed by atoms with van der Waals surface area (Å²) in [6.45, 7) is 0. The van der Waals surface area contributed by atoms with E-state index in [4.69, 9.17) is 12.2 Å². The van der Waals surface area contributed by atoms with E-state index in [0.29, 0.717) is 29.0 Å². The Balaban J connectivity index is 3.08. The Kier molecular flexibility index (Phi) is 1.79. The van der Waals surface area contributed by atoms with E-state index in [-0.39, 0.29) is 0 Å². The van der Waals surface area contributed by atoms with Gasteiger partial charge < -0.3 is 0 Å². The molecule has 0 unspecified atom stereocenters. The molecule has 0 radical (unpaired) electrons. The molecule has 0 aliphatic heterocycles. The summed E-state index contributed by atoms with van der Waals surface area (Å²) in [4.78, 5) is 0. The van der Waals surface area contributed by atoms with Crippen LogP contribution in [-0.4, -0.2) is 29.0 Å². The van der Waals surface area contributed by atoms with Gasteiger partial charge in [-0.2, -0.15) is 0 Å².